The highest BCUT2D eigenvalue weighted by molar-refractivity contribution is 5.71. The summed E-state index contributed by atoms with van der Waals surface area (Å²) in [5, 5.41) is 0. The van der Waals surface area contributed by atoms with Crippen LogP contribution in [0.2, 0.25) is 0 Å². The third kappa shape index (κ3) is 61.4. The monoisotopic (exact) mass is 1060 g/mol. The Hall–Kier alpha value is -3.41. The van der Waals surface area contributed by atoms with Crippen molar-refractivity contribution in [3.63, 3.8) is 0 Å². The lowest BCUT2D eigenvalue weighted by atomic mass is 10.0. The number of esters is 3. The summed E-state index contributed by atoms with van der Waals surface area (Å²) in [6.07, 6.45) is 84.8. The van der Waals surface area contributed by atoms with Crippen molar-refractivity contribution in [1.29, 1.82) is 0 Å². The fraction of sp³-hybridized carbons (Fsp3) is 0.757. The minimum atomic E-state index is -0.795. The highest BCUT2D eigenvalue weighted by Crippen LogP contribution is 2.17. The van der Waals surface area contributed by atoms with E-state index >= 15 is 0 Å². The summed E-state index contributed by atoms with van der Waals surface area (Å²) in [5.41, 5.74) is 0. The fourth-order valence-electron chi connectivity index (χ4n) is 9.27. The van der Waals surface area contributed by atoms with Gasteiger partial charge in [0.15, 0.2) is 6.10 Å². The second kappa shape index (κ2) is 64.1. The van der Waals surface area contributed by atoms with Crippen LogP contribution in [0.3, 0.4) is 0 Å². The molecule has 6 nitrogen and oxygen atoms in total. The van der Waals surface area contributed by atoms with E-state index in [0.29, 0.717) is 19.3 Å². The van der Waals surface area contributed by atoms with Crippen LogP contribution in [0, 0.1) is 0 Å². The number of rotatable bonds is 59. The Kier molecular flexibility index (Phi) is 61.2. The smallest absolute Gasteiger partial charge is 0.306 e. The summed E-state index contributed by atoms with van der Waals surface area (Å²) >= 11 is 0. The molecular formula is C70H122O6. The molecule has 0 saturated heterocycles. The van der Waals surface area contributed by atoms with Crippen molar-refractivity contribution in [3.8, 4) is 0 Å². The Balaban J connectivity index is 4.10. The lowest BCUT2D eigenvalue weighted by Crippen LogP contribution is -2.30. The molecule has 0 aliphatic rings. The molecule has 0 aromatic heterocycles. The maximum atomic E-state index is 12.8. The molecule has 1 unspecified atom stereocenters. The van der Waals surface area contributed by atoms with E-state index in [9.17, 15) is 14.4 Å². The summed E-state index contributed by atoms with van der Waals surface area (Å²) in [6, 6.07) is 0. The molecule has 0 fully saturated rings. The van der Waals surface area contributed by atoms with Crippen molar-refractivity contribution in [1.82, 2.24) is 0 Å². The molecule has 0 spiro atoms. The van der Waals surface area contributed by atoms with Gasteiger partial charge in [-0.3, -0.25) is 14.4 Å². The summed E-state index contributed by atoms with van der Waals surface area (Å²) in [6.45, 7) is 6.49. The first-order valence-electron chi connectivity index (χ1n) is 32.6. The molecule has 0 aromatic carbocycles. The van der Waals surface area contributed by atoms with Crippen LogP contribution in [0.5, 0.6) is 0 Å². The lowest BCUT2D eigenvalue weighted by molar-refractivity contribution is -0.167. The quantitative estimate of drug-likeness (QED) is 0.0261. The Morgan fingerprint density at radius 2 is 0.513 bits per heavy atom. The van der Waals surface area contributed by atoms with Gasteiger partial charge in [-0.05, 0) is 96.3 Å². The van der Waals surface area contributed by atoms with Crippen molar-refractivity contribution < 1.29 is 28.6 Å². The van der Waals surface area contributed by atoms with E-state index in [1.165, 1.54) is 186 Å². The predicted octanol–water partition coefficient (Wildman–Crippen LogP) is 22.3. The van der Waals surface area contributed by atoms with Gasteiger partial charge in [-0.15, -0.1) is 0 Å². The Labute approximate surface area is 471 Å². The Bertz CT molecular complexity index is 1450. The minimum Gasteiger partial charge on any atom is -0.462 e. The van der Waals surface area contributed by atoms with E-state index < -0.39 is 6.10 Å². The van der Waals surface area contributed by atoms with Gasteiger partial charge in [0.05, 0.1) is 0 Å². The molecule has 0 saturated carbocycles. The summed E-state index contributed by atoms with van der Waals surface area (Å²) in [5.74, 6) is -0.922. The molecule has 0 N–H and O–H groups in total. The Morgan fingerprint density at radius 3 is 0.829 bits per heavy atom. The van der Waals surface area contributed by atoms with Gasteiger partial charge in [-0.25, -0.2) is 0 Å². The van der Waals surface area contributed by atoms with Crippen LogP contribution in [0.4, 0.5) is 0 Å². The van der Waals surface area contributed by atoms with Gasteiger partial charge in [-0.1, -0.05) is 292 Å². The molecule has 0 radical (unpaired) electrons. The first kappa shape index (κ1) is 72.6. The number of ether oxygens (including phenoxy) is 3. The molecule has 0 bridgehead atoms. The van der Waals surface area contributed by atoms with E-state index in [1.54, 1.807) is 0 Å². The average molecular weight is 1060 g/mol. The van der Waals surface area contributed by atoms with E-state index in [2.05, 4.69) is 106 Å². The molecule has 0 heterocycles. The van der Waals surface area contributed by atoms with E-state index in [0.717, 1.165) is 89.9 Å². The van der Waals surface area contributed by atoms with Crippen LogP contribution in [0.1, 0.15) is 323 Å². The normalized spacial score (nSPS) is 12.6. The van der Waals surface area contributed by atoms with Crippen LogP contribution in [-0.2, 0) is 28.6 Å². The van der Waals surface area contributed by atoms with Gasteiger partial charge in [0.2, 0.25) is 0 Å². The average Bonchev–Trinajstić information content (AvgIpc) is 3.42. The van der Waals surface area contributed by atoms with Crippen molar-refractivity contribution >= 4 is 17.9 Å². The molecule has 6 heteroatoms. The molecule has 0 amide bonds. The molecule has 76 heavy (non-hydrogen) atoms. The minimum absolute atomic E-state index is 0.0896. The molecule has 0 aliphatic carbocycles. The number of allylic oxidation sites excluding steroid dienone is 14. The summed E-state index contributed by atoms with van der Waals surface area (Å²) in [4.78, 5) is 38.1. The van der Waals surface area contributed by atoms with Crippen molar-refractivity contribution in [2.45, 2.75) is 329 Å². The molecular weight excluding hydrogens is 937 g/mol. The number of unbranched alkanes of at least 4 members (excludes halogenated alkanes) is 34. The van der Waals surface area contributed by atoms with Crippen LogP contribution in [0.15, 0.2) is 85.1 Å². The second-order valence-corrected chi connectivity index (χ2v) is 21.6. The maximum absolute atomic E-state index is 12.8. The van der Waals surface area contributed by atoms with Gasteiger partial charge < -0.3 is 14.2 Å². The second-order valence-electron chi connectivity index (χ2n) is 21.6. The van der Waals surface area contributed by atoms with E-state index in [4.69, 9.17) is 14.2 Å². The fourth-order valence-corrected chi connectivity index (χ4v) is 9.27. The first-order chi connectivity index (χ1) is 37.5. The highest BCUT2D eigenvalue weighted by atomic mass is 16.6. The predicted molar refractivity (Wildman–Crippen MR) is 330 cm³/mol. The van der Waals surface area contributed by atoms with Crippen LogP contribution in [0.25, 0.3) is 0 Å². The summed E-state index contributed by atoms with van der Waals surface area (Å²) in [7, 11) is 0. The van der Waals surface area contributed by atoms with Crippen LogP contribution in [-0.4, -0.2) is 37.2 Å². The number of carbonyl (C=O) groups is 3. The SMILES string of the molecule is CC/C=C\C/C=C\C/C=C\C/C=C\CCCCC(=O)OC(COC(=O)CCCCCCCCCCCC)COC(=O)CCCCCCCCCCCCCCCCCCCC/C=C\C/C=C\C/C=C\CCCCCCC. The third-order valence-corrected chi connectivity index (χ3v) is 14.1. The first-order valence-corrected chi connectivity index (χ1v) is 32.6. The van der Waals surface area contributed by atoms with Crippen molar-refractivity contribution in [3.05, 3.63) is 85.1 Å². The van der Waals surface area contributed by atoms with Gasteiger partial charge in [0.1, 0.15) is 13.2 Å². The summed E-state index contributed by atoms with van der Waals surface area (Å²) < 4.78 is 16.8. The zero-order valence-corrected chi connectivity index (χ0v) is 50.3. The number of carbonyl (C=O) groups excluding carboxylic acids is 3. The van der Waals surface area contributed by atoms with Gasteiger partial charge in [0, 0.05) is 19.3 Å². The zero-order valence-electron chi connectivity index (χ0n) is 50.3. The van der Waals surface area contributed by atoms with E-state index in [-0.39, 0.29) is 37.5 Å². The topological polar surface area (TPSA) is 78.9 Å². The molecule has 0 rings (SSSR count). The maximum Gasteiger partial charge on any atom is 0.306 e. The molecule has 438 valence electrons. The van der Waals surface area contributed by atoms with Crippen LogP contribution >= 0.6 is 0 Å². The molecule has 0 aromatic rings. The molecule has 1 atom stereocenters. The molecule has 0 aliphatic heterocycles. The van der Waals surface area contributed by atoms with Gasteiger partial charge in [-0.2, -0.15) is 0 Å². The number of hydrogen-bond acceptors (Lipinski definition) is 6. The zero-order chi connectivity index (χ0) is 55.0. The lowest BCUT2D eigenvalue weighted by Gasteiger charge is -2.18. The van der Waals surface area contributed by atoms with Crippen molar-refractivity contribution in [2.75, 3.05) is 13.2 Å². The largest absolute Gasteiger partial charge is 0.462 e. The van der Waals surface area contributed by atoms with Crippen LogP contribution < -0.4 is 0 Å². The van der Waals surface area contributed by atoms with Gasteiger partial charge >= 0.3 is 17.9 Å². The number of hydrogen-bond donors (Lipinski definition) is 0. The van der Waals surface area contributed by atoms with E-state index in [1.807, 2.05) is 0 Å². The Morgan fingerprint density at radius 1 is 0.276 bits per heavy atom. The standard InChI is InChI=1S/C70H122O6/c1-4-7-10-13-16-19-22-24-26-27-28-29-30-31-32-33-34-35-36-37-38-39-40-41-42-43-45-46-48-51-54-57-60-63-69(72)75-66-67(65-74-68(71)62-59-56-53-50-21-18-15-12-9-6-3)76-70(73)64-61-58-55-52-49-47-44-25-23-20-17-14-11-8-5-2/h8,11,17,20,22,24-25,27-28,30-31,44,49,52,67H,4-7,9-10,12-16,18-19,21,23,26,29,32-43,45-48,50-51,53-66H2,1-3H3/b11-8-,20-17-,24-22-,28-27-,31-30-,44-25-,52-49-. The highest BCUT2D eigenvalue weighted by Gasteiger charge is 2.19. The van der Waals surface area contributed by atoms with Crippen molar-refractivity contribution in [2.24, 2.45) is 0 Å². The third-order valence-electron chi connectivity index (χ3n) is 14.1. The van der Waals surface area contributed by atoms with Gasteiger partial charge in [0.25, 0.3) is 0 Å².